The maximum atomic E-state index is 12.4. The van der Waals surface area contributed by atoms with Crippen LogP contribution in [-0.2, 0) is 4.79 Å². The third-order valence-electron chi connectivity index (χ3n) is 3.27. The Morgan fingerprint density at radius 3 is 2.31 bits per heavy atom. The molecule has 2 aliphatic rings. The maximum Gasteiger partial charge on any atom is 1.00 e. The first-order valence-electron chi connectivity index (χ1n) is 5.44. The molecule has 0 aromatic rings. The van der Waals surface area contributed by atoms with Crippen molar-refractivity contribution in [2.24, 2.45) is 5.92 Å². The summed E-state index contributed by atoms with van der Waals surface area (Å²) in [5, 5.41) is 0. The number of piperidine rings is 1. The minimum atomic E-state index is -4.83. The van der Waals surface area contributed by atoms with Crippen LogP contribution in [0.4, 0.5) is 12.9 Å². The molecule has 2 nitrogen and oxygen atoms in total. The third-order valence-corrected chi connectivity index (χ3v) is 3.27. The van der Waals surface area contributed by atoms with Crippen molar-refractivity contribution in [3.05, 3.63) is 0 Å². The van der Waals surface area contributed by atoms with Crippen LogP contribution in [0.25, 0.3) is 0 Å². The summed E-state index contributed by atoms with van der Waals surface area (Å²) in [4.78, 5) is 13.1. The predicted octanol–water partition coefficient (Wildman–Crippen LogP) is -0.760. The van der Waals surface area contributed by atoms with Crippen molar-refractivity contribution in [1.82, 2.24) is 4.90 Å². The van der Waals surface area contributed by atoms with Crippen LogP contribution in [0.1, 0.15) is 25.7 Å². The van der Waals surface area contributed by atoms with Gasteiger partial charge in [0.2, 0.25) is 5.91 Å². The first-order valence-corrected chi connectivity index (χ1v) is 5.44. The van der Waals surface area contributed by atoms with Gasteiger partial charge < -0.3 is 17.8 Å². The van der Waals surface area contributed by atoms with E-state index in [1.165, 1.54) is 0 Å². The molecule has 1 unspecified atom stereocenters. The van der Waals surface area contributed by atoms with Gasteiger partial charge in [0.1, 0.15) is 0 Å². The summed E-state index contributed by atoms with van der Waals surface area (Å²) in [6.45, 7) is -3.86. The first kappa shape index (κ1) is 15.0. The number of carbonyl (C=O) groups excluding carboxylic acids is 1. The summed E-state index contributed by atoms with van der Waals surface area (Å²) in [6, 6.07) is 0. The predicted molar refractivity (Wildman–Crippen MR) is 51.4 cm³/mol. The zero-order chi connectivity index (χ0) is 11.1. The Bertz CT molecular complexity index is 270. The second kappa shape index (κ2) is 5.73. The minimum Gasteiger partial charge on any atom is -0.449 e. The summed E-state index contributed by atoms with van der Waals surface area (Å²) in [7, 11) is 0. The molecule has 86 valence electrons. The van der Waals surface area contributed by atoms with Gasteiger partial charge in [0, 0.05) is 19.5 Å². The van der Waals surface area contributed by atoms with Crippen molar-refractivity contribution in [2.75, 3.05) is 13.1 Å². The largest absolute Gasteiger partial charge is 1.00 e. The molecule has 0 radical (unpaired) electrons. The number of rotatable bonds is 3. The Hall–Kier alpha value is 0.961. The number of hydrogen-bond donors (Lipinski definition) is 0. The summed E-state index contributed by atoms with van der Waals surface area (Å²) in [5.41, 5.74) is 0. The number of amides is 1. The van der Waals surface area contributed by atoms with Gasteiger partial charge in [-0.3, -0.25) is 4.79 Å². The van der Waals surface area contributed by atoms with Crippen LogP contribution < -0.4 is 51.4 Å². The van der Waals surface area contributed by atoms with Crippen molar-refractivity contribution in [3.8, 4) is 0 Å². The fourth-order valence-electron chi connectivity index (χ4n) is 2.03. The standard InChI is InChI=1S/C9H14BF3NO.K/c11-10(12,13)8-3-4-14(9(15)5-8)6-7-1-2-7;/h7-8H,1-6H2;/q-1;+1. The van der Waals surface area contributed by atoms with E-state index in [2.05, 4.69) is 0 Å². The molecule has 1 amide bonds. The molecule has 1 atom stereocenters. The van der Waals surface area contributed by atoms with Gasteiger partial charge in [0.05, 0.1) is 0 Å². The number of halogens is 3. The van der Waals surface area contributed by atoms with Crippen molar-refractivity contribution in [1.29, 1.82) is 0 Å². The van der Waals surface area contributed by atoms with Crippen molar-refractivity contribution >= 4 is 12.9 Å². The van der Waals surface area contributed by atoms with Gasteiger partial charge in [-0.25, -0.2) is 0 Å². The van der Waals surface area contributed by atoms with E-state index in [1.54, 1.807) is 4.90 Å². The summed E-state index contributed by atoms with van der Waals surface area (Å²) >= 11 is 0. The third kappa shape index (κ3) is 4.01. The SMILES string of the molecule is O=C1CC([B-](F)(F)F)CCN1CC1CC1.[K+]. The molecule has 1 saturated carbocycles. The molecule has 7 heteroatoms. The van der Waals surface area contributed by atoms with Gasteiger partial charge in [-0.05, 0) is 18.8 Å². The molecule has 2 fully saturated rings. The minimum absolute atomic E-state index is 0. The van der Waals surface area contributed by atoms with Crippen LogP contribution in [0, 0.1) is 5.92 Å². The number of nitrogens with zero attached hydrogens (tertiary/aromatic N) is 1. The molecular weight excluding hydrogens is 245 g/mol. The molecule has 16 heavy (non-hydrogen) atoms. The fourth-order valence-corrected chi connectivity index (χ4v) is 2.03. The second-order valence-corrected chi connectivity index (χ2v) is 4.66. The van der Waals surface area contributed by atoms with Gasteiger partial charge in [0.25, 0.3) is 0 Å². The zero-order valence-electron chi connectivity index (χ0n) is 9.46. The van der Waals surface area contributed by atoms with E-state index in [0.29, 0.717) is 19.0 Å². The van der Waals surface area contributed by atoms with Crippen molar-refractivity contribution < 1.29 is 69.1 Å². The fraction of sp³-hybridized carbons (Fsp3) is 0.889. The molecule has 0 spiro atoms. The number of carbonyl (C=O) groups is 1. The van der Waals surface area contributed by atoms with Gasteiger partial charge in [0.15, 0.2) is 0 Å². The summed E-state index contributed by atoms with van der Waals surface area (Å²) in [6.07, 6.45) is 2.02. The summed E-state index contributed by atoms with van der Waals surface area (Å²) < 4.78 is 37.2. The monoisotopic (exact) mass is 259 g/mol. The van der Waals surface area contributed by atoms with E-state index < -0.39 is 12.8 Å². The van der Waals surface area contributed by atoms with Gasteiger partial charge in [-0.15, -0.1) is 0 Å². The van der Waals surface area contributed by atoms with E-state index in [4.69, 9.17) is 0 Å². The average molecular weight is 259 g/mol. The molecule has 0 aromatic heterocycles. The molecule has 1 aliphatic heterocycles. The molecule has 0 aromatic carbocycles. The topological polar surface area (TPSA) is 20.3 Å². The average Bonchev–Trinajstić information content (AvgIpc) is 2.90. The molecule has 1 aliphatic carbocycles. The molecule has 2 rings (SSSR count). The number of likely N-dealkylation sites (tertiary alicyclic amines) is 1. The second-order valence-electron chi connectivity index (χ2n) is 4.66. The first-order chi connectivity index (χ1) is 6.97. The smallest absolute Gasteiger partial charge is 0.449 e. The molecular formula is C9H14BF3KNO. The molecule has 0 bridgehead atoms. The Balaban J connectivity index is 0.00000128. The van der Waals surface area contributed by atoms with Crippen LogP contribution in [0.15, 0.2) is 0 Å². The van der Waals surface area contributed by atoms with E-state index in [1.807, 2.05) is 0 Å². The Morgan fingerprint density at radius 1 is 1.25 bits per heavy atom. The molecule has 1 saturated heterocycles. The van der Waals surface area contributed by atoms with E-state index >= 15 is 0 Å². The zero-order valence-corrected chi connectivity index (χ0v) is 12.6. The van der Waals surface area contributed by atoms with Crippen LogP contribution in [0.3, 0.4) is 0 Å². The van der Waals surface area contributed by atoms with E-state index in [0.717, 1.165) is 12.8 Å². The molecule has 1 heterocycles. The summed E-state index contributed by atoms with van der Waals surface area (Å²) in [5.74, 6) is -1.10. The van der Waals surface area contributed by atoms with Crippen LogP contribution in [0.5, 0.6) is 0 Å². The van der Waals surface area contributed by atoms with Crippen molar-refractivity contribution in [2.45, 2.75) is 31.5 Å². The quantitative estimate of drug-likeness (QED) is 0.610. The van der Waals surface area contributed by atoms with Gasteiger partial charge >= 0.3 is 58.4 Å². The number of hydrogen-bond acceptors (Lipinski definition) is 1. The van der Waals surface area contributed by atoms with Gasteiger partial charge in [-0.1, -0.05) is 12.2 Å². The van der Waals surface area contributed by atoms with Gasteiger partial charge in [-0.2, -0.15) is 0 Å². The van der Waals surface area contributed by atoms with Crippen LogP contribution in [0.2, 0.25) is 5.82 Å². The Kier molecular flexibility index (Phi) is 5.38. The molecule has 0 N–H and O–H groups in total. The van der Waals surface area contributed by atoms with E-state index in [9.17, 15) is 17.7 Å². The van der Waals surface area contributed by atoms with Crippen molar-refractivity contribution in [3.63, 3.8) is 0 Å². The Labute approximate surface area is 136 Å². The van der Waals surface area contributed by atoms with E-state index in [-0.39, 0.29) is 70.1 Å². The Morgan fingerprint density at radius 2 is 1.88 bits per heavy atom. The normalized spacial score (nSPS) is 26.6. The maximum absolute atomic E-state index is 12.4. The van der Waals surface area contributed by atoms with Crippen LogP contribution in [-0.4, -0.2) is 30.9 Å². The van der Waals surface area contributed by atoms with Crippen LogP contribution >= 0.6 is 0 Å².